The molecule has 8 heteroatoms. The van der Waals surface area contributed by atoms with Gasteiger partial charge < -0.3 is 20.5 Å². The Morgan fingerprint density at radius 1 is 0.875 bits per heavy atom. The predicted octanol–water partition coefficient (Wildman–Crippen LogP) is 6.42. The van der Waals surface area contributed by atoms with Crippen molar-refractivity contribution < 1.29 is 19.1 Å². The van der Waals surface area contributed by atoms with E-state index in [1.807, 2.05) is 12.1 Å². The van der Waals surface area contributed by atoms with Crippen LogP contribution in [-0.4, -0.2) is 17.6 Å². The van der Waals surface area contributed by atoms with E-state index in [0.717, 1.165) is 4.47 Å². The van der Waals surface area contributed by atoms with Gasteiger partial charge in [-0.1, -0.05) is 15.9 Å². The molecule has 0 unspecified atom stereocenters. The van der Waals surface area contributed by atoms with E-state index in [1.165, 1.54) is 0 Å². The number of halogens is 1. The summed E-state index contributed by atoms with van der Waals surface area (Å²) < 4.78 is 12.0. The van der Waals surface area contributed by atoms with Crippen LogP contribution in [0.1, 0.15) is 31.1 Å². The fourth-order valence-corrected chi connectivity index (χ4v) is 2.94. The molecule has 0 aliphatic carbocycles. The van der Waals surface area contributed by atoms with Gasteiger partial charge in [-0.15, -0.1) is 0 Å². The van der Waals surface area contributed by atoms with Crippen molar-refractivity contribution in [2.24, 2.45) is 0 Å². The number of hydrogen-bond donors (Lipinski definition) is 3. The average Bonchev–Trinajstić information content (AvgIpc) is 2.71. The lowest BCUT2D eigenvalue weighted by Crippen LogP contribution is -2.27. The average molecular weight is 498 g/mol. The van der Waals surface area contributed by atoms with Crippen molar-refractivity contribution in [1.29, 1.82) is 0 Å². The molecule has 32 heavy (non-hydrogen) atoms. The zero-order chi connectivity index (χ0) is 23.3. The Morgan fingerprint density at radius 3 is 2.06 bits per heavy atom. The van der Waals surface area contributed by atoms with E-state index in [2.05, 4.69) is 26.6 Å². The van der Waals surface area contributed by atoms with Crippen LogP contribution in [0.4, 0.5) is 21.9 Å². The first-order valence-corrected chi connectivity index (χ1v) is 10.6. The van der Waals surface area contributed by atoms with Crippen molar-refractivity contribution in [1.82, 2.24) is 0 Å². The quantitative estimate of drug-likeness (QED) is 0.352. The molecule has 0 aliphatic heterocycles. The summed E-state index contributed by atoms with van der Waals surface area (Å²) >= 11 is 3.36. The van der Waals surface area contributed by atoms with Crippen LogP contribution in [0.3, 0.4) is 0 Å². The number of carbonyl (C=O) groups excluding carboxylic acids is 2. The van der Waals surface area contributed by atoms with E-state index >= 15 is 0 Å². The highest BCUT2D eigenvalue weighted by Gasteiger charge is 2.16. The van der Waals surface area contributed by atoms with E-state index in [4.69, 9.17) is 15.2 Å². The minimum absolute atomic E-state index is 0.275. The Kier molecular flexibility index (Phi) is 7.05. The summed E-state index contributed by atoms with van der Waals surface area (Å²) in [5.74, 6) is 0.666. The standard InChI is InChI=1S/C24H24BrN3O4/c1-24(2,3)32-23(30)28-18-9-11-19(12-10-18)31-21-13-4-15(14-20(21)26)22(29)27-17-7-5-16(25)6-8-17/h4-14H,26H2,1-3H3,(H,27,29)(H,28,30). The van der Waals surface area contributed by atoms with Gasteiger partial charge in [0, 0.05) is 21.4 Å². The van der Waals surface area contributed by atoms with Crippen LogP contribution in [-0.2, 0) is 4.74 Å². The maximum absolute atomic E-state index is 12.5. The fraction of sp³-hybridized carbons (Fsp3) is 0.167. The van der Waals surface area contributed by atoms with Crippen molar-refractivity contribution in [3.63, 3.8) is 0 Å². The smallest absolute Gasteiger partial charge is 0.412 e. The normalized spacial score (nSPS) is 10.9. The molecule has 7 nitrogen and oxygen atoms in total. The topological polar surface area (TPSA) is 103 Å². The molecule has 0 radical (unpaired) electrons. The highest BCUT2D eigenvalue weighted by molar-refractivity contribution is 9.10. The zero-order valence-corrected chi connectivity index (χ0v) is 19.5. The number of benzene rings is 3. The third-order valence-corrected chi connectivity index (χ3v) is 4.63. The van der Waals surface area contributed by atoms with Crippen LogP contribution in [0, 0.1) is 0 Å². The number of anilines is 3. The summed E-state index contributed by atoms with van der Waals surface area (Å²) in [4.78, 5) is 24.3. The summed E-state index contributed by atoms with van der Waals surface area (Å²) in [5, 5.41) is 5.47. The number of ether oxygens (including phenoxy) is 2. The lowest BCUT2D eigenvalue weighted by Gasteiger charge is -2.19. The first-order valence-electron chi connectivity index (χ1n) is 9.83. The van der Waals surface area contributed by atoms with Gasteiger partial charge in [0.25, 0.3) is 5.91 Å². The number of nitrogens with one attached hydrogen (secondary N) is 2. The van der Waals surface area contributed by atoms with Gasteiger partial charge in [0.15, 0.2) is 0 Å². The number of amides is 2. The number of hydrogen-bond acceptors (Lipinski definition) is 5. The Bertz CT molecular complexity index is 1110. The molecule has 0 aliphatic rings. The molecule has 0 spiro atoms. The molecule has 0 fully saturated rings. The summed E-state index contributed by atoms with van der Waals surface area (Å²) in [6.07, 6.45) is -0.535. The van der Waals surface area contributed by atoms with E-state index < -0.39 is 11.7 Å². The Balaban J connectivity index is 1.62. The molecule has 0 bridgehead atoms. The van der Waals surface area contributed by atoms with Gasteiger partial charge in [-0.05, 0) is 87.5 Å². The van der Waals surface area contributed by atoms with Gasteiger partial charge in [0.05, 0.1) is 5.69 Å². The van der Waals surface area contributed by atoms with Crippen molar-refractivity contribution >= 4 is 45.0 Å². The molecular weight excluding hydrogens is 474 g/mol. The molecule has 3 aromatic rings. The van der Waals surface area contributed by atoms with Gasteiger partial charge >= 0.3 is 6.09 Å². The molecule has 0 heterocycles. The molecule has 3 rings (SSSR count). The number of nitrogen functional groups attached to an aromatic ring is 1. The van der Waals surface area contributed by atoms with Gasteiger partial charge in [-0.25, -0.2) is 4.79 Å². The molecule has 3 aromatic carbocycles. The summed E-state index contributed by atoms with van der Waals surface area (Å²) in [7, 11) is 0. The third kappa shape index (κ3) is 6.75. The van der Waals surface area contributed by atoms with Crippen LogP contribution in [0.2, 0.25) is 0 Å². The Morgan fingerprint density at radius 2 is 1.47 bits per heavy atom. The molecule has 0 aromatic heterocycles. The Hall–Kier alpha value is -3.52. The minimum atomic E-state index is -0.577. The van der Waals surface area contributed by atoms with E-state index in [0.29, 0.717) is 34.1 Å². The predicted molar refractivity (Wildman–Crippen MR) is 129 cm³/mol. The minimum Gasteiger partial charge on any atom is -0.455 e. The van der Waals surface area contributed by atoms with E-state index in [9.17, 15) is 9.59 Å². The van der Waals surface area contributed by atoms with Crippen molar-refractivity contribution in [3.05, 3.63) is 76.8 Å². The van der Waals surface area contributed by atoms with Crippen LogP contribution in [0.25, 0.3) is 0 Å². The SMILES string of the molecule is CC(C)(C)OC(=O)Nc1ccc(Oc2ccc(C(=O)Nc3ccc(Br)cc3)cc2N)cc1. The number of rotatable bonds is 5. The highest BCUT2D eigenvalue weighted by Crippen LogP contribution is 2.29. The highest BCUT2D eigenvalue weighted by atomic mass is 79.9. The monoisotopic (exact) mass is 497 g/mol. The summed E-state index contributed by atoms with van der Waals surface area (Å²) in [6.45, 7) is 5.39. The van der Waals surface area contributed by atoms with Crippen molar-refractivity contribution in [3.8, 4) is 11.5 Å². The maximum atomic E-state index is 12.5. The maximum Gasteiger partial charge on any atom is 0.412 e. The first-order chi connectivity index (χ1) is 15.1. The molecule has 0 atom stereocenters. The van der Waals surface area contributed by atoms with Crippen molar-refractivity contribution in [2.45, 2.75) is 26.4 Å². The lowest BCUT2D eigenvalue weighted by molar-refractivity contribution is 0.0635. The van der Waals surface area contributed by atoms with Crippen LogP contribution in [0.5, 0.6) is 11.5 Å². The summed E-state index contributed by atoms with van der Waals surface area (Å²) in [6, 6.07) is 18.9. The second-order valence-electron chi connectivity index (χ2n) is 7.97. The third-order valence-electron chi connectivity index (χ3n) is 4.10. The molecular formula is C24H24BrN3O4. The first kappa shape index (κ1) is 23.1. The van der Waals surface area contributed by atoms with Gasteiger partial charge in [0.2, 0.25) is 0 Å². The summed E-state index contributed by atoms with van der Waals surface area (Å²) in [5.41, 5.74) is 7.49. The second kappa shape index (κ2) is 9.74. The largest absolute Gasteiger partial charge is 0.455 e. The molecule has 0 saturated heterocycles. The van der Waals surface area contributed by atoms with E-state index in [1.54, 1.807) is 75.4 Å². The van der Waals surface area contributed by atoms with Gasteiger partial charge in [-0.2, -0.15) is 0 Å². The molecule has 4 N–H and O–H groups in total. The van der Waals surface area contributed by atoms with Crippen LogP contribution in [0.15, 0.2) is 71.2 Å². The van der Waals surface area contributed by atoms with Crippen LogP contribution >= 0.6 is 15.9 Å². The van der Waals surface area contributed by atoms with Gasteiger partial charge in [0.1, 0.15) is 17.1 Å². The van der Waals surface area contributed by atoms with Crippen LogP contribution < -0.4 is 21.1 Å². The molecule has 0 saturated carbocycles. The van der Waals surface area contributed by atoms with Crippen molar-refractivity contribution in [2.75, 3.05) is 16.4 Å². The zero-order valence-electron chi connectivity index (χ0n) is 17.9. The van der Waals surface area contributed by atoms with Gasteiger partial charge in [-0.3, -0.25) is 10.1 Å². The lowest BCUT2D eigenvalue weighted by atomic mass is 10.1. The Labute approximate surface area is 195 Å². The molecule has 166 valence electrons. The number of nitrogens with two attached hydrogens (primary N) is 1. The fourth-order valence-electron chi connectivity index (χ4n) is 2.67. The molecule has 2 amide bonds. The second-order valence-corrected chi connectivity index (χ2v) is 8.88. The van der Waals surface area contributed by atoms with E-state index in [-0.39, 0.29) is 5.91 Å². The number of carbonyl (C=O) groups is 2.